The van der Waals surface area contributed by atoms with E-state index in [4.69, 9.17) is 11.6 Å². The Morgan fingerprint density at radius 2 is 2.17 bits per heavy atom. The largest absolute Gasteiger partial charge is 0.310 e. The third-order valence-corrected chi connectivity index (χ3v) is 4.01. The van der Waals surface area contributed by atoms with E-state index in [-0.39, 0.29) is 0 Å². The highest BCUT2D eigenvalue weighted by Crippen LogP contribution is 2.23. The minimum atomic E-state index is 0.349. The molecule has 0 aliphatic carbocycles. The Labute approximate surface area is 118 Å². The van der Waals surface area contributed by atoms with E-state index in [9.17, 15) is 0 Å². The summed E-state index contributed by atoms with van der Waals surface area (Å²) >= 11 is 7.89. The van der Waals surface area contributed by atoms with Gasteiger partial charge in [0.1, 0.15) is 0 Å². The van der Waals surface area contributed by atoms with Crippen molar-refractivity contribution in [1.82, 2.24) is 5.32 Å². The fraction of sp³-hybridized carbons (Fsp3) is 0.333. The first-order valence-corrected chi connectivity index (χ1v) is 7.56. The quantitative estimate of drug-likeness (QED) is 0.809. The zero-order valence-corrected chi connectivity index (χ0v) is 12.1. The second-order valence-electron chi connectivity index (χ2n) is 4.35. The van der Waals surface area contributed by atoms with Crippen molar-refractivity contribution < 1.29 is 0 Å². The number of hydrogen-bond donors (Lipinski definition) is 1. The Hall–Kier alpha value is -0.830. The lowest BCUT2D eigenvalue weighted by Crippen LogP contribution is -2.23. The highest BCUT2D eigenvalue weighted by atomic mass is 35.5. The third kappa shape index (κ3) is 3.84. The Morgan fingerprint density at radius 3 is 2.83 bits per heavy atom. The lowest BCUT2D eigenvalue weighted by molar-refractivity contribution is 0.532. The van der Waals surface area contributed by atoms with Gasteiger partial charge in [0.25, 0.3) is 0 Å². The Kier molecular flexibility index (Phi) is 5.24. The second kappa shape index (κ2) is 6.93. The first-order valence-electron chi connectivity index (χ1n) is 6.31. The van der Waals surface area contributed by atoms with Gasteiger partial charge in [-0.15, -0.1) is 11.3 Å². The van der Waals surface area contributed by atoms with E-state index in [2.05, 4.69) is 41.9 Å². The molecule has 0 fully saturated rings. The van der Waals surface area contributed by atoms with E-state index in [0.717, 1.165) is 24.4 Å². The van der Waals surface area contributed by atoms with Gasteiger partial charge in [-0.05, 0) is 42.1 Å². The van der Waals surface area contributed by atoms with Gasteiger partial charge in [0.05, 0.1) is 0 Å². The normalized spacial score (nSPS) is 12.6. The van der Waals surface area contributed by atoms with Crippen LogP contribution in [0.15, 0.2) is 41.8 Å². The smallest absolute Gasteiger partial charge is 0.0409 e. The monoisotopic (exact) mass is 279 g/mol. The van der Waals surface area contributed by atoms with Crippen LogP contribution in [0.25, 0.3) is 0 Å². The molecule has 0 saturated carbocycles. The van der Waals surface area contributed by atoms with Crippen molar-refractivity contribution in [3.05, 3.63) is 57.2 Å². The van der Waals surface area contributed by atoms with E-state index in [1.165, 1.54) is 10.4 Å². The Balaban J connectivity index is 2.13. The average Bonchev–Trinajstić information content (AvgIpc) is 2.87. The van der Waals surface area contributed by atoms with E-state index in [1.54, 1.807) is 0 Å². The van der Waals surface area contributed by atoms with Gasteiger partial charge in [0.2, 0.25) is 0 Å². The highest BCUT2D eigenvalue weighted by Gasteiger charge is 2.12. The van der Waals surface area contributed by atoms with Crippen LogP contribution < -0.4 is 5.32 Å². The maximum Gasteiger partial charge on any atom is 0.0409 e. The van der Waals surface area contributed by atoms with Crippen molar-refractivity contribution in [3.63, 3.8) is 0 Å². The van der Waals surface area contributed by atoms with Gasteiger partial charge in [-0.1, -0.05) is 36.7 Å². The summed E-state index contributed by atoms with van der Waals surface area (Å²) in [4.78, 5) is 1.41. The summed E-state index contributed by atoms with van der Waals surface area (Å²) in [5.41, 5.74) is 1.27. The summed E-state index contributed by atoms with van der Waals surface area (Å²) < 4.78 is 0. The number of nitrogens with one attached hydrogen (secondary N) is 1. The van der Waals surface area contributed by atoms with Crippen LogP contribution in [0.1, 0.15) is 29.8 Å². The van der Waals surface area contributed by atoms with E-state index >= 15 is 0 Å². The molecule has 1 heterocycles. The van der Waals surface area contributed by atoms with Crippen LogP contribution >= 0.6 is 22.9 Å². The van der Waals surface area contributed by atoms with E-state index in [0.29, 0.717) is 6.04 Å². The fourth-order valence-corrected chi connectivity index (χ4v) is 2.93. The molecule has 3 heteroatoms. The van der Waals surface area contributed by atoms with Crippen molar-refractivity contribution in [2.24, 2.45) is 0 Å². The molecule has 2 aromatic rings. The summed E-state index contributed by atoms with van der Waals surface area (Å²) in [6.45, 7) is 3.22. The number of benzene rings is 1. The maximum absolute atomic E-state index is 6.08. The highest BCUT2D eigenvalue weighted by molar-refractivity contribution is 7.09. The Bertz CT molecular complexity index is 467. The van der Waals surface area contributed by atoms with Crippen LogP contribution in [0.4, 0.5) is 0 Å². The van der Waals surface area contributed by atoms with Crippen molar-refractivity contribution in [1.29, 1.82) is 0 Å². The maximum atomic E-state index is 6.08. The topological polar surface area (TPSA) is 12.0 Å². The number of thiophene rings is 1. The molecule has 2 rings (SSSR count). The molecule has 1 aromatic carbocycles. The molecule has 96 valence electrons. The predicted molar refractivity (Wildman–Crippen MR) is 80.5 cm³/mol. The fourth-order valence-electron chi connectivity index (χ4n) is 1.98. The lowest BCUT2D eigenvalue weighted by atomic mass is 10.0. The van der Waals surface area contributed by atoms with Gasteiger partial charge in [-0.2, -0.15) is 0 Å². The molecule has 0 aliphatic rings. The van der Waals surface area contributed by atoms with Gasteiger partial charge in [0.15, 0.2) is 0 Å². The van der Waals surface area contributed by atoms with Gasteiger partial charge < -0.3 is 5.32 Å². The van der Waals surface area contributed by atoms with Crippen LogP contribution in [-0.2, 0) is 6.42 Å². The molecule has 0 radical (unpaired) electrons. The van der Waals surface area contributed by atoms with Crippen molar-refractivity contribution in [2.75, 3.05) is 6.54 Å². The average molecular weight is 280 g/mol. The molecule has 1 unspecified atom stereocenters. The predicted octanol–water partition coefficient (Wildman–Crippen LogP) is 4.68. The van der Waals surface area contributed by atoms with Crippen molar-refractivity contribution in [3.8, 4) is 0 Å². The van der Waals surface area contributed by atoms with Crippen LogP contribution in [0.3, 0.4) is 0 Å². The van der Waals surface area contributed by atoms with E-state index < -0.39 is 0 Å². The van der Waals surface area contributed by atoms with Crippen LogP contribution in [0, 0.1) is 0 Å². The number of hydrogen-bond acceptors (Lipinski definition) is 2. The molecule has 0 saturated heterocycles. The first-order chi connectivity index (χ1) is 8.79. The SMILES string of the molecule is CCCNC(Cc1cccs1)c1cccc(Cl)c1. The lowest BCUT2D eigenvalue weighted by Gasteiger charge is -2.18. The van der Waals surface area contributed by atoms with Crippen molar-refractivity contribution >= 4 is 22.9 Å². The molecule has 0 spiro atoms. The molecule has 0 aliphatic heterocycles. The molecule has 18 heavy (non-hydrogen) atoms. The standard InChI is InChI=1S/C15H18ClNS/c1-2-8-17-15(11-14-7-4-9-18-14)12-5-3-6-13(16)10-12/h3-7,9-10,15,17H,2,8,11H2,1H3. The van der Waals surface area contributed by atoms with Gasteiger partial charge in [0, 0.05) is 22.4 Å². The zero-order chi connectivity index (χ0) is 12.8. The molecular formula is C15H18ClNS. The summed E-state index contributed by atoms with van der Waals surface area (Å²) in [5, 5.41) is 6.54. The third-order valence-electron chi connectivity index (χ3n) is 2.88. The molecule has 0 bridgehead atoms. The van der Waals surface area contributed by atoms with E-state index in [1.807, 2.05) is 23.5 Å². The van der Waals surface area contributed by atoms with Crippen molar-refractivity contribution in [2.45, 2.75) is 25.8 Å². The molecule has 1 atom stereocenters. The molecule has 1 aromatic heterocycles. The molecular weight excluding hydrogens is 262 g/mol. The molecule has 0 amide bonds. The summed E-state index contributed by atoms with van der Waals surface area (Å²) in [7, 11) is 0. The molecule has 1 N–H and O–H groups in total. The number of halogens is 1. The summed E-state index contributed by atoms with van der Waals surface area (Å²) in [6, 6.07) is 12.8. The Morgan fingerprint density at radius 1 is 1.28 bits per heavy atom. The molecule has 1 nitrogen and oxygen atoms in total. The van der Waals surface area contributed by atoms with Crippen LogP contribution in [0.2, 0.25) is 5.02 Å². The minimum Gasteiger partial charge on any atom is -0.310 e. The van der Waals surface area contributed by atoms with Gasteiger partial charge in [-0.3, -0.25) is 0 Å². The van der Waals surface area contributed by atoms with Crippen LogP contribution in [-0.4, -0.2) is 6.54 Å². The zero-order valence-electron chi connectivity index (χ0n) is 10.5. The number of rotatable bonds is 6. The summed E-state index contributed by atoms with van der Waals surface area (Å²) in [6.07, 6.45) is 2.17. The van der Waals surface area contributed by atoms with Gasteiger partial charge in [-0.25, -0.2) is 0 Å². The minimum absolute atomic E-state index is 0.349. The van der Waals surface area contributed by atoms with Gasteiger partial charge >= 0.3 is 0 Å². The second-order valence-corrected chi connectivity index (χ2v) is 5.81. The van der Waals surface area contributed by atoms with Crippen LogP contribution in [0.5, 0.6) is 0 Å². The first kappa shape index (κ1) is 13.6. The summed E-state index contributed by atoms with van der Waals surface area (Å²) in [5.74, 6) is 0.